The van der Waals surface area contributed by atoms with Gasteiger partial charge in [0.15, 0.2) is 0 Å². The van der Waals surface area contributed by atoms with Gasteiger partial charge in [-0.3, -0.25) is 14.5 Å². The fourth-order valence-corrected chi connectivity index (χ4v) is 3.29. The predicted octanol–water partition coefficient (Wildman–Crippen LogP) is 2.72. The highest BCUT2D eigenvalue weighted by Crippen LogP contribution is 2.33. The number of hydrogen-bond donors (Lipinski definition) is 0. The zero-order valence-corrected chi connectivity index (χ0v) is 13.6. The number of pyridine rings is 1. The van der Waals surface area contributed by atoms with Crippen LogP contribution in [0.2, 0.25) is 0 Å². The van der Waals surface area contributed by atoms with E-state index >= 15 is 0 Å². The highest BCUT2D eigenvalue weighted by Gasteiger charge is 2.33. The first kappa shape index (κ1) is 14.8. The summed E-state index contributed by atoms with van der Waals surface area (Å²) in [4.78, 5) is 19.6. The van der Waals surface area contributed by atoms with Crippen LogP contribution < -0.4 is 0 Å². The van der Waals surface area contributed by atoms with Crippen LogP contribution in [-0.2, 0) is 7.05 Å². The molecule has 1 amide bonds. The third kappa shape index (κ3) is 2.40. The SMILES string of the molecule is Cc1cccc(C2CCCN2C(=O)c2c(C)nn(C)c2C)n1. The van der Waals surface area contributed by atoms with E-state index < -0.39 is 0 Å². The molecule has 5 heteroatoms. The fourth-order valence-electron chi connectivity index (χ4n) is 3.29. The first-order valence-corrected chi connectivity index (χ1v) is 7.73. The van der Waals surface area contributed by atoms with Crippen molar-refractivity contribution in [3.05, 3.63) is 46.5 Å². The second-order valence-electron chi connectivity index (χ2n) is 6.03. The molecule has 0 bridgehead atoms. The van der Waals surface area contributed by atoms with E-state index in [1.807, 2.05) is 50.9 Å². The van der Waals surface area contributed by atoms with Gasteiger partial charge in [-0.15, -0.1) is 0 Å². The molecule has 1 aliphatic heterocycles. The van der Waals surface area contributed by atoms with Crippen LogP contribution in [0.25, 0.3) is 0 Å². The van der Waals surface area contributed by atoms with Gasteiger partial charge in [0.2, 0.25) is 0 Å². The van der Waals surface area contributed by atoms with E-state index in [0.717, 1.165) is 47.7 Å². The molecule has 1 fully saturated rings. The molecular weight excluding hydrogens is 276 g/mol. The van der Waals surface area contributed by atoms with Gasteiger partial charge in [0.25, 0.3) is 5.91 Å². The second kappa shape index (κ2) is 5.55. The van der Waals surface area contributed by atoms with Gasteiger partial charge in [0, 0.05) is 25.0 Å². The van der Waals surface area contributed by atoms with E-state index in [9.17, 15) is 4.79 Å². The van der Waals surface area contributed by atoms with Gasteiger partial charge in [0.05, 0.1) is 23.0 Å². The van der Waals surface area contributed by atoms with Gasteiger partial charge in [-0.25, -0.2) is 0 Å². The van der Waals surface area contributed by atoms with Crippen LogP contribution in [0.15, 0.2) is 18.2 Å². The maximum atomic E-state index is 13.0. The Morgan fingerprint density at radius 2 is 2.05 bits per heavy atom. The summed E-state index contributed by atoms with van der Waals surface area (Å²) in [5.74, 6) is 0.0777. The Hall–Kier alpha value is -2.17. The summed E-state index contributed by atoms with van der Waals surface area (Å²) < 4.78 is 1.78. The third-order valence-electron chi connectivity index (χ3n) is 4.49. The summed E-state index contributed by atoms with van der Waals surface area (Å²) >= 11 is 0. The normalized spacial score (nSPS) is 18.0. The van der Waals surface area contributed by atoms with Gasteiger partial charge < -0.3 is 4.90 Å². The van der Waals surface area contributed by atoms with Crippen LogP contribution in [0.5, 0.6) is 0 Å². The van der Waals surface area contributed by atoms with Crippen LogP contribution in [0.3, 0.4) is 0 Å². The summed E-state index contributed by atoms with van der Waals surface area (Å²) in [7, 11) is 1.88. The maximum absolute atomic E-state index is 13.0. The summed E-state index contributed by atoms with van der Waals surface area (Å²) in [5.41, 5.74) is 4.44. The summed E-state index contributed by atoms with van der Waals surface area (Å²) in [6.45, 7) is 6.62. The first-order valence-electron chi connectivity index (χ1n) is 7.73. The Labute approximate surface area is 131 Å². The molecule has 3 heterocycles. The molecule has 2 aromatic heterocycles. The molecule has 22 heavy (non-hydrogen) atoms. The highest BCUT2D eigenvalue weighted by atomic mass is 16.2. The van der Waals surface area contributed by atoms with Gasteiger partial charge >= 0.3 is 0 Å². The van der Waals surface area contributed by atoms with Crippen molar-refractivity contribution in [3.63, 3.8) is 0 Å². The Morgan fingerprint density at radius 3 is 2.68 bits per heavy atom. The molecule has 0 radical (unpaired) electrons. The van der Waals surface area contributed by atoms with E-state index in [1.165, 1.54) is 0 Å². The average molecular weight is 298 g/mol. The molecule has 0 saturated carbocycles. The highest BCUT2D eigenvalue weighted by molar-refractivity contribution is 5.96. The number of rotatable bonds is 2. The molecule has 2 aromatic rings. The Morgan fingerprint density at radius 1 is 1.27 bits per heavy atom. The zero-order chi connectivity index (χ0) is 15.9. The van der Waals surface area contributed by atoms with E-state index in [0.29, 0.717) is 0 Å². The lowest BCUT2D eigenvalue weighted by Gasteiger charge is -2.24. The predicted molar refractivity (Wildman–Crippen MR) is 84.7 cm³/mol. The van der Waals surface area contributed by atoms with Gasteiger partial charge in [-0.2, -0.15) is 5.10 Å². The fraction of sp³-hybridized carbons (Fsp3) is 0.471. The number of nitrogens with zero attached hydrogens (tertiary/aromatic N) is 4. The Balaban J connectivity index is 1.95. The van der Waals surface area contributed by atoms with Crippen molar-refractivity contribution in [1.29, 1.82) is 0 Å². The number of amides is 1. The Bertz CT molecular complexity index is 719. The smallest absolute Gasteiger partial charge is 0.258 e. The Kier molecular flexibility index (Phi) is 3.72. The molecular formula is C17H22N4O. The number of aromatic nitrogens is 3. The van der Waals surface area contributed by atoms with E-state index in [2.05, 4.69) is 10.1 Å². The molecule has 116 valence electrons. The van der Waals surface area contributed by atoms with Gasteiger partial charge in [-0.05, 0) is 45.7 Å². The molecule has 1 saturated heterocycles. The van der Waals surface area contributed by atoms with Crippen LogP contribution in [0.1, 0.15) is 52.0 Å². The molecule has 0 N–H and O–H groups in total. The minimum Gasteiger partial charge on any atom is -0.330 e. The van der Waals surface area contributed by atoms with E-state index in [1.54, 1.807) is 4.68 Å². The number of hydrogen-bond acceptors (Lipinski definition) is 3. The topological polar surface area (TPSA) is 51.0 Å². The molecule has 1 unspecified atom stereocenters. The number of carbonyl (C=O) groups is 1. The van der Waals surface area contributed by atoms with Crippen LogP contribution in [-0.4, -0.2) is 32.1 Å². The quantitative estimate of drug-likeness (QED) is 0.856. The standard InChI is InChI=1S/C17H22N4O/c1-11-7-5-8-14(18-11)15-9-6-10-21(15)17(22)16-12(2)19-20(4)13(16)3/h5,7-8,15H,6,9-10H2,1-4H3. The average Bonchev–Trinajstić information content (AvgIpc) is 3.04. The van der Waals surface area contributed by atoms with Crippen LogP contribution in [0.4, 0.5) is 0 Å². The lowest BCUT2D eigenvalue weighted by Crippen LogP contribution is -2.31. The van der Waals surface area contributed by atoms with Crippen LogP contribution >= 0.6 is 0 Å². The van der Waals surface area contributed by atoms with E-state index in [4.69, 9.17) is 0 Å². The molecule has 0 aromatic carbocycles. The second-order valence-corrected chi connectivity index (χ2v) is 6.03. The number of aryl methyl sites for hydroxylation is 3. The van der Waals surface area contributed by atoms with Crippen molar-refractivity contribution in [3.8, 4) is 0 Å². The molecule has 0 spiro atoms. The van der Waals surface area contributed by atoms with Crippen molar-refractivity contribution in [2.45, 2.75) is 39.7 Å². The van der Waals surface area contributed by atoms with Gasteiger partial charge in [-0.1, -0.05) is 6.07 Å². The summed E-state index contributed by atoms with van der Waals surface area (Å²) in [5, 5.41) is 4.37. The zero-order valence-electron chi connectivity index (χ0n) is 13.6. The molecule has 1 atom stereocenters. The summed E-state index contributed by atoms with van der Waals surface area (Å²) in [6.07, 6.45) is 1.99. The molecule has 5 nitrogen and oxygen atoms in total. The minimum atomic E-state index is 0.0754. The maximum Gasteiger partial charge on any atom is 0.258 e. The van der Waals surface area contributed by atoms with Crippen molar-refractivity contribution in [2.24, 2.45) is 7.05 Å². The molecule has 1 aliphatic rings. The van der Waals surface area contributed by atoms with Crippen molar-refractivity contribution < 1.29 is 4.79 Å². The lowest BCUT2D eigenvalue weighted by atomic mass is 10.1. The summed E-state index contributed by atoms with van der Waals surface area (Å²) in [6, 6.07) is 6.09. The minimum absolute atomic E-state index is 0.0754. The number of likely N-dealkylation sites (tertiary alicyclic amines) is 1. The molecule has 3 rings (SSSR count). The largest absolute Gasteiger partial charge is 0.330 e. The third-order valence-corrected chi connectivity index (χ3v) is 4.49. The van der Waals surface area contributed by atoms with Crippen molar-refractivity contribution in [2.75, 3.05) is 6.54 Å². The van der Waals surface area contributed by atoms with Gasteiger partial charge in [0.1, 0.15) is 0 Å². The molecule has 0 aliphatic carbocycles. The van der Waals surface area contributed by atoms with Crippen molar-refractivity contribution >= 4 is 5.91 Å². The lowest BCUT2D eigenvalue weighted by molar-refractivity contribution is 0.0731. The first-order chi connectivity index (χ1) is 10.5. The van der Waals surface area contributed by atoms with Crippen molar-refractivity contribution in [1.82, 2.24) is 19.7 Å². The van der Waals surface area contributed by atoms with Crippen LogP contribution in [0, 0.1) is 20.8 Å². The van der Waals surface area contributed by atoms with E-state index in [-0.39, 0.29) is 11.9 Å². The number of carbonyl (C=O) groups excluding carboxylic acids is 1. The monoisotopic (exact) mass is 298 g/mol.